The van der Waals surface area contributed by atoms with Crippen molar-refractivity contribution in [2.45, 2.75) is 33.6 Å². The molecule has 1 nitrogen and oxygen atoms in total. The topological polar surface area (TPSA) is 12.9 Å². The highest BCUT2D eigenvalue weighted by molar-refractivity contribution is 5.64. The molecule has 0 spiro atoms. The summed E-state index contributed by atoms with van der Waals surface area (Å²) < 4.78 is 0. The zero-order chi connectivity index (χ0) is 12.4. The maximum atomic E-state index is 4.55. The number of nitrogens with zero attached hydrogens (tertiary/aromatic N) is 1. The second-order valence-corrected chi connectivity index (χ2v) is 4.90. The van der Waals surface area contributed by atoms with Crippen LogP contribution in [-0.2, 0) is 0 Å². The molecule has 0 amide bonds. The maximum Gasteiger partial charge on any atom is 0.0707 e. The van der Waals surface area contributed by atoms with Crippen molar-refractivity contribution in [3.8, 4) is 11.3 Å². The molecule has 0 aliphatic rings. The molecule has 0 fully saturated rings. The van der Waals surface area contributed by atoms with Crippen LogP contribution in [0.3, 0.4) is 0 Å². The van der Waals surface area contributed by atoms with Crippen LogP contribution in [-0.4, -0.2) is 4.98 Å². The molecule has 0 saturated heterocycles. The van der Waals surface area contributed by atoms with Crippen molar-refractivity contribution in [2.75, 3.05) is 0 Å². The van der Waals surface area contributed by atoms with Gasteiger partial charge in [-0.25, -0.2) is 0 Å². The van der Waals surface area contributed by atoms with Crippen LogP contribution in [0.25, 0.3) is 11.3 Å². The van der Waals surface area contributed by atoms with Crippen LogP contribution >= 0.6 is 0 Å². The molecule has 0 unspecified atom stereocenters. The summed E-state index contributed by atoms with van der Waals surface area (Å²) in [6.45, 7) is 8.71. The van der Waals surface area contributed by atoms with Crippen molar-refractivity contribution in [3.05, 3.63) is 53.2 Å². The fraction of sp³-hybridized carbons (Fsp3) is 0.312. The number of hydrogen-bond donors (Lipinski definition) is 0. The Labute approximate surface area is 104 Å². The first-order valence-corrected chi connectivity index (χ1v) is 6.12. The van der Waals surface area contributed by atoms with Gasteiger partial charge in [0.2, 0.25) is 0 Å². The zero-order valence-electron chi connectivity index (χ0n) is 11.0. The van der Waals surface area contributed by atoms with E-state index >= 15 is 0 Å². The first-order valence-electron chi connectivity index (χ1n) is 6.12. The van der Waals surface area contributed by atoms with Gasteiger partial charge in [0.25, 0.3) is 0 Å². The third-order valence-electron chi connectivity index (χ3n) is 3.19. The standard InChI is InChI=1S/C16H19N/c1-11(2)15-9-16(17-10-13(15)4)14-8-6-5-7-12(14)3/h5-11H,1-4H3. The lowest BCUT2D eigenvalue weighted by Crippen LogP contribution is -1.96. The summed E-state index contributed by atoms with van der Waals surface area (Å²) in [5, 5.41) is 0. The highest BCUT2D eigenvalue weighted by Gasteiger charge is 2.08. The van der Waals surface area contributed by atoms with Crippen LogP contribution in [0.1, 0.15) is 36.5 Å². The van der Waals surface area contributed by atoms with Crippen molar-refractivity contribution >= 4 is 0 Å². The van der Waals surface area contributed by atoms with Crippen molar-refractivity contribution < 1.29 is 0 Å². The minimum Gasteiger partial charge on any atom is -0.256 e. The van der Waals surface area contributed by atoms with E-state index in [0.717, 1.165) is 5.69 Å². The number of aromatic nitrogens is 1. The molecule has 0 saturated carbocycles. The Bertz CT molecular complexity index is 527. The average Bonchev–Trinajstić information content (AvgIpc) is 2.30. The van der Waals surface area contributed by atoms with Gasteiger partial charge in [0.1, 0.15) is 0 Å². The van der Waals surface area contributed by atoms with E-state index in [4.69, 9.17) is 0 Å². The fourth-order valence-electron chi connectivity index (χ4n) is 2.17. The summed E-state index contributed by atoms with van der Waals surface area (Å²) in [5.41, 5.74) is 6.25. The van der Waals surface area contributed by atoms with Crippen LogP contribution < -0.4 is 0 Å². The predicted molar refractivity (Wildman–Crippen MR) is 73.2 cm³/mol. The predicted octanol–water partition coefficient (Wildman–Crippen LogP) is 4.49. The second kappa shape index (κ2) is 4.70. The van der Waals surface area contributed by atoms with E-state index < -0.39 is 0 Å². The molecule has 2 rings (SSSR count). The summed E-state index contributed by atoms with van der Waals surface area (Å²) in [6, 6.07) is 10.6. The molecule has 0 atom stereocenters. The molecule has 1 aromatic carbocycles. The van der Waals surface area contributed by atoms with Crippen LogP contribution in [0.4, 0.5) is 0 Å². The van der Waals surface area contributed by atoms with Crippen molar-refractivity contribution in [3.63, 3.8) is 0 Å². The lowest BCUT2D eigenvalue weighted by Gasteiger charge is -2.12. The van der Waals surface area contributed by atoms with Gasteiger partial charge in [-0.05, 0) is 42.5 Å². The molecule has 0 aliphatic heterocycles. The fourth-order valence-corrected chi connectivity index (χ4v) is 2.17. The van der Waals surface area contributed by atoms with E-state index in [0.29, 0.717) is 5.92 Å². The number of aryl methyl sites for hydroxylation is 2. The molecule has 1 heterocycles. The van der Waals surface area contributed by atoms with Gasteiger partial charge < -0.3 is 0 Å². The van der Waals surface area contributed by atoms with Gasteiger partial charge in [0.15, 0.2) is 0 Å². The molecule has 1 aromatic heterocycles. The number of pyridine rings is 1. The second-order valence-electron chi connectivity index (χ2n) is 4.90. The van der Waals surface area contributed by atoms with Gasteiger partial charge in [-0.3, -0.25) is 4.98 Å². The van der Waals surface area contributed by atoms with E-state index in [9.17, 15) is 0 Å². The van der Waals surface area contributed by atoms with E-state index in [1.807, 2.05) is 6.20 Å². The molecule has 0 bridgehead atoms. The zero-order valence-corrected chi connectivity index (χ0v) is 11.0. The van der Waals surface area contributed by atoms with Crippen LogP contribution in [0.15, 0.2) is 36.5 Å². The summed E-state index contributed by atoms with van der Waals surface area (Å²) in [5.74, 6) is 0.542. The van der Waals surface area contributed by atoms with Gasteiger partial charge in [-0.2, -0.15) is 0 Å². The summed E-state index contributed by atoms with van der Waals surface area (Å²) in [4.78, 5) is 4.55. The Morgan fingerprint density at radius 2 is 1.71 bits per heavy atom. The third kappa shape index (κ3) is 2.38. The van der Waals surface area contributed by atoms with Gasteiger partial charge in [0, 0.05) is 11.8 Å². The quantitative estimate of drug-likeness (QED) is 0.734. The van der Waals surface area contributed by atoms with Gasteiger partial charge in [0.05, 0.1) is 5.69 Å². The molecule has 17 heavy (non-hydrogen) atoms. The van der Waals surface area contributed by atoms with Gasteiger partial charge in [-0.15, -0.1) is 0 Å². The smallest absolute Gasteiger partial charge is 0.0707 e. The Morgan fingerprint density at radius 3 is 2.35 bits per heavy atom. The minimum atomic E-state index is 0.542. The highest BCUT2D eigenvalue weighted by Crippen LogP contribution is 2.26. The molecule has 2 aromatic rings. The Hall–Kier alpha value is -1.63. The largest absolute Gasteiger partial charge is 0.256 e. The minimum absolute atomic E-state index is 0.542. The summed E-state index contributed by atoms with van der Waals surface area (Å²) in [7, 11) is 0. The number of hydrogen-bond acceptors (Lipinski definition) is 1. The molecule has 0 radical (unpaired) electrons. The summed E-state index contributed by atoms with van der Waals surface area (Å²) >= 11 is 0. The van der Waals surface area contributed by atoms with E-state index in [1.165, 1.54) is 22.3 Å². The number of rotatable bonds is 2. The Balaban J connectivity index is 2.54. The van der Waals surface area contributed by atoms with Crippen molar-refractivity contribution in [2.24, 2.45) is 0 Å². The van der Waals surface area contributed by atoms with Crippen molar-refractivity contribution in [1.29, 1.82) is 0 Å². The van der Waals surface area contributed by atoms with Crippen molar-refractivity contribution in [1.82, 2.24) is 4.98 Å². The molecular weight excluding hydrogens is 206 g/mol. The monoisotopic (exact) mass is 225 g/mol. The van der Waals surface area contributed by atoms with Gasteiger partial charge in [-0.1, -0.05) is 38.1 Å². The Morgan fingerprint density at radius 1 is 1.00 bits per heavy atom. The maximum absolute atomic E-state index is 4.55. The normalized spacial score (nSPS) is 10.9. The van der Waals surface area contributed by atoms with Crippen LogP contribution in [0.2, 0.25) is 0 Å². The van der Waals surface area contributed by atoms with E-state index in [-0.39, 0.29) is 0 Å². The first-order chi connectivity index (χ1) is 8.09. The van der Waals surface area contributed by atoms with Crippen LogP contribution in [0.5, 0.6) is 0 Å². The molecule has 1 heteroatoms. The Kier molecular flexibility index (Phi) is 3.28. The van der Waals surface area contributed by atoms with E-state index in [2.05, 4.69) is 63.0 Å². The van der Waals surface area contributed by atoms with Crippen LogP contribution in [0, 0.1) is 13.8 Å². The molecular formula is C16H19N. The molecule has 0 N–H and O–H groups in total. The first kappa shape index (κ1) is 11.8. The lowest BCUT2D eigenvalue weighted by atomic mass is 9.96. The number of benzene rings is 1. The highest BCUT2D eigenvalue weighted by atomic mass is 14.7. The van der Waals surface area contributed by atoms with Gasteiger partial charge >= 0.3 is 0 Å². The third-order valence-corrected chi connectivity index (χ3v) is 3.19. The average molecular weight is 225 g/mol. The molecule has 0 aliphatic carbocycles. The summed E-state index contributed by atoms with van der Waals surface area (Å²) in [6.07, 6.45) is 1.98. The SMILES string of the molecule is Cc1ccccc1-c1cc(C(C)C)c(C)cn1. The molecule has 88 valence electrons. The lowest BCUT2D eigenvalue weighted by molar-refractivity contribution is 0.852. The van der Waals surface area contributed by atoms with E-state index in [1.54, 1.807) is 0 Å².